The van der Waals surface area contributed by atoms with E-state index in [4.69, 9.17) is 11.6 Å². The summed E-state index contributed by atoms with van der Waals surface area (Å²) in [6, 6.07) is 5.36. The van der Waals surface area contributed by atoms with E-state index in [9.17, 15) is 4.79 Å². The van der Waals surface area contributed by atoms with Crippen LogP contribution in [0.25, 0.3) is 0 Å². The number of hydrogen-bond acceptors (Lipinski definition) is 2. The summed E-state index contributed by atoms with van der Waals surface area (Å²) in [7, 11) is 0. The highest BCUT2D eigenvalue weighted by Crippen LogP contribution is 2.25. The largest absolute Gasteiger partial charge is 0.287 e. The fraction of sp³-hybridized carbons (Fsp3) is 0.286. The van der Waals surface area contributed by atoms with Gasteiger partial charge in [0.25, 0.3) is 0 Å². The Morgan fingerprint density at radius 2 is 2.21 bits per heavy atom. The topological polar surface area (TPSA) is 34.9 Å². The molecule has 100 valence electrons. The van der Waals surface area contributed by atoms with Crippen LogP contribution in [0.5, 0.6) is 0 Å². The van der Waals surface area contributed by atoms with Gasteiger partial charge in [0.05, 0.1) is 10.7 Å². The van der Waals surface area contributed by atoms with Crippen LogP contribution in [0, 0.1) is 6.92 Å². The van der Waals surface area contributed by atoms with Crippen molar-refractivity contribution in [1.29, 1.82) is 0 Å². The van der Waals surface area contributed by atoms with Crippen LogP contribution in [0.1, 0.15) is 35.0 Å². The molecule has 5 heteroatoms. The van der Waals surface area contributed by atoms with Gasteiger partial charge in [0.15, 0.2) is 0 Å². The first-order valence-corrected chi connectivity index (χ1v) is 7.24. The lowest BCUT2D eigenvalue weighted by Gasteiger charge is -2.09. The molecule has 2 rings (SSSR count). The molecule has 19 heavy (non-hydrogen) atoms. The van der Waals surface area contributed by atoms with Gasteiger partial charge < -0.3 is 0 Å². The van der Waals surface area contributed by atoms with Crippen molar-refractivity contribution in [3.05, 3.63) is 50.7 Å². The average Bonchev–Trinajstić information content (AvgIpc) is 2.74. The maximum absolute atomic E-state index is 12.6. The van der Waals surface area contributed by atoms with E-state index in [-0.39, 0.29) is 5.78 Å². The molecule has 1 aromatic carbocycles. The lowest BCUT2D eigenvalue weighted by molar-refractivity contribution is 0.102. The second kappa shape index (κ2) is 5.88. The standard InChI is InChI=1S/C14H14BrClN2O/c1-3-7-18-13(11(15)8-17-18)14(19)10-5-4-6-12(16)9(10)2/h4-6,8H,3,7H2,1-2H3. The van der Waals surface area contributed by atoms with Crippen molar-refractivity contribution in [2.45, 2.75) is 26.8 Å². The number of aromatic nitrogens is 2. The first-order chi connectivity index (χ1) is 9.06. The molecule has 1 heterocycles. The first-order valence-electron chi connectivity index (χ1n) is 6.07. The average molecular weight is 342 g/mol. The highest BCUT2D eigenvalue weighted by Gasteiger charge is 2.20. The van der Waals surface area contributed by atoms with Crippen LogP contribution < -0.4 is 0 Å². The van der Waals surface area contributed by atoms with Crippen molar-refractivity contribution in [3.8, 4) is 0 Å². The Kier molecular flexibility index (Phi) is 4.42. The Morgan fingerprint density at radius 1 is 1.47 bits per heavy atom. The van der Waals surface area contributed by atoms with E-state index in [0.29, 0.717) is 27.3 Å². The SMILES string of the molecule is CCCn1ncc(Br)c1C(=O)c1cccc(Cl)c1C. The first kappa shape index (κ1) is 14.3. The van der Waals surface area contributed by atoms with Gasteiger partial charge in [-0.3, -0.25) is 9.48 Å². The van der Waals surface area contributed by atoms with Crippen molar-refractivity contribution in [2.24, 2.45) is 0 Å². The fourth-order valence-corrected chi connectivity index (χ4v) is 2.60. The smallest absolute Gasteiger partial charge is 0.212 e. The predicted molar refractivity (Wildman–Crippen MR) is 79.8 cm³/mol. The van der Waals surface area contributed by atoms with E-state index in [0.717, 1.165) is 12.0 Å². The van der Waals surface area contributed by atoms with Gasteiger partial charge in [-0.15, -0.1) is 0 Å². The molecular weight excluding hydrogens is 328 g/mol. The third kappa shape index (κ3) is 2.74. The van der Waals surface area contributed by atoms with E-state index < -0.39 is 0 Å². The Morgan fingerprint density at radius 3 is 2.89 bits per heavy atom. The summed E-state index contributed by atoms with van der Waals surface area (Å²) in [6.45, 7) is 4.62. The van der Waals surface area contributed by atoms with E-state index >= 15 is 0 Å². The monoisotopic (exact) mass is 340 g/mol. The summed E-state index contributed by atoms with van der Waals surface area (Å²) < 4.78 is 2.44. The molecule has 0 spiro atoms. The minimum absolute atomic E-state index is 0.0576. The van der Waals surface area contributed by atoms with E-state index in [1.807, 2.05) is 6.92 Å². The number of benzene rings is 1. The number of hydrogen-bond donors (Lipinski definition) is 0. The molecule has 1 aromatic heterocycles. The quantitative estimate of drug-likeness (QED) is 0.779. The van der Waals surface area contributed by atoms with E-state index in [1.54, 1.807) is 29.1 Å². The zero-order valence-electron chi connectivity index (χ0n) is 10.8. The molecule has 0 amide bonds. The van der Waals surface area contributed by atoms with Crippen LogP contribution in [0.15, 0.2) is 28.9 Å². The van der Waals surface area contributed by atoms with Crippen LogP contribution in [-0.4, -0.2) is 15.6 Å². The molecule has 0 saturated carbocycles. The molecule has 0 bridgehead atoms. The molecule has 0 fully saturated rings. The Bertz CT molecular complexity index is 622. The Labute approximate surface area is 125 Å². The number of carbonyl (C=O) groups excluding carboxylic acids is 1. The van der Waals surface area contributed by atoms with E-state index in [2.05, 4.69) is 28.0 Å². The fourth-order valence-electron chi connectivity index (χ4n) is 1.95. The van der Waals surface area contributed by atoms with Crippen LogP contribution >= 0.6 is 27.5 Å². The highest BCUT2D eigenvalue weighted by molar-refractivity contribution is 9.10. The molecular formula is C14H14BrClN2O. The molecule has 0 aliphatic carbocycles. The Hall–Kier alpha value is -1.13. The highest BCUT2D eigenvalue weighted by atomic mass is 79.9. The number of halogens is 2. The van der Waals surface area contributed by atoms with Gasteiger partial charge in [0.1, 0.15) is 5.69 Å². The maximum atomic E-state index is 12.6. The number of rotatable bonds is 4. The third-order valence-corrected chi connectivity index (χ3v) is 3.95. The molecule has 0 saturated heterocycles. The van der Waals surface area contributed by atoms with Crippen LogP contribution in [0.3, 0.4) is 0 Å². The molecule has 2 aromatic rings. The van der Waals surface area contributed by atoms with Gasteiger partial charge in [0, 0.05) is 17.1 Å². The molecule has 0 atom stereocenters. The predicted octanol–water partition coefficient (Wildman–Crippen LogP) is 4.25. The van der Waals surface area contributed by atoms with Gasteiger partial charge >= 0.3 is 0 Å². The van der Waals surface area contributed by atoms with Crippen molar-refractivity contribution in [2.75, 3.05) is 0 Å². The minimum atomic E-state index is -0.0576. The lowest BCUT2D eigenvalue weighted by Crippen LogP contribution is -2.13. The summed E-state index contributed by atoms with van der Waals surface area (Å²) in [5.74, 6) is -0.0576. The van der Waals surface area contributed by atoms with Crippen LogP contribution in [-0.2, 0) is 6.54 Å². The molecule has 0 radical (unpaired) electrons. The minimum Gasteiger partial charge on any atom is -0.287 e. The third-order valence-electron chi connectivity index (χ3n) is 2.96. The normalized spacial score (nSPS) is 10.7. The summed E-state index contributed by atoms with van der Waals surface area (Å²) in [5, 5.41) is 4.82. The van der Waals surface area contributed by atoms with Crippen molar-refractivity contribution in [1.82, 2.24) is 9.78 Å². The lowest BCUT2D eigenvalue weighted by atomic mass is 10.0. The zero-order chi connectivity index (χ0) is 14.0. The van der Waals surface area contributed by atoms with E-state index in [1.165, 1.54) is 0 Å². The summed E-state index contributed by atoms with van der Waals surface area (Å²) in [5.41, 5.74) is 1.99. The molecule has 0 aliphatic rings. The molecule has 0 aliphatic heterocycles. The summed E-state index contributed by atoms with van der Waals surface area (Å²) >= 11 is 9.46. The van der Waals surface area contributed by atoms with Gasteiger partial charge in [-0.2, -0.15) is 5.10 Å². The number of aryl methyl sites for hydroxylation is 1. The second-order valence-electron chi connectivity index (χ2n) is 4.31. The maximum Gasteiger partial charge on any atom is 0.212 e. The second-order valence-corrected chi connectivity index (χ2v) is 5.57. The van der Waals surface area contributed by atoms with Crippen molar-refractivity contribution in [3.63, 3.8) is 0 Å². The van der Waals surface area contributed by atoms with Gasteiger partial charge in [0.2, 0.25) is 5.78 Å². The zero-order valence-corrected chi connectivity index (χ0v) is 13.1. The summed E-state index contributed by atoms with van der Waals surface area (Å²) in [6.07, 6.45) is 2.58. The van der Waals surface area contributed by atoms with Crippen LogP contribution in [0.2, 0.25) is 5.02 Å². The number of carbonyl (C=O) groups is 1. The van der Waals surface area contributed by atoms with Gasteiger partial charge in [-0.25, -0.2) is 0 Å². The van der Waals surface area contributed by atoms with Crippen molar-refractivity contribution < 1.29 is 4.79 Å². The number of nitrogens with zero attached hydrogens (tertiary/aromatic N) is 2. The Balaban J connectivity index is 2.50. The molecule has 3 nitrogen and oxygen atoms in total. The van der Waals surface area contributed by atoms with Crippen LogP contribution in [0.4, 0.5) is 0 Å². The summed E-state index contributed by atoms with van der Waals surface area (Å²) in [4.78, 5) is 12.6. The molecule has 0 unspecified atom stereocenters. The van der Waals surface area contributed by atoms with Crippen molar-refractivity contribution >= 4 is 33.3 Å². The molecule has 0 N–H and O–H groups in total. The number of ketones is 1. The van der Waals surface area contributed by atoms with Gasteiger partial charge in [-0.1, -0.05) is 30.7 Å². The van der Waals surface area contributed by atoms with Gasteiger partial charge in [-0.05, 0) is 40.9 Å².